The van der Waals surface area contributed by atoms with Gasteiger partial charge in [0.1, 0.15) is 23.7 Å². The molecule has 1 aromatic heterocycles. The average molecular weight is 244 g/mol. The van der Waals surface area contributed by atoms with Gasteiger partial charge in [-0.15, -0.1) is 0 Å². The third-order valence-electron chi connectivity index (χ3n) is 2.39. The van der Waals surface area contributed by atoms with Gasteiger partial charge in [0.15, 0.2) is 0 Å². The van der Waals surface area contributed by atoms with Crippen molar-refractivity contribution in [3.63, 3.8) is 0 Å². The van der Waals surface area contributed by atoms with Gasteiger partial charge in [-0.3, -0.25) is 0 Å². The van der Waals surface area contributed by atoms with E-state index >= 15 is 0 Å². The lowest BCUT2D eigenvalue weighted by Gasteiger charge is -2.10. The summed E-state index contributed by atoms with van der Waals surface area (Å²) in [7, 11) is 1.64. The molecule has 0 atom stereocenters. The van der Waals surface area contributed by atoms with E-state index in [4.69, 9.17) is 4.74 Å². The Morgan fingerprint density at radius 2 is 1.94 bits per heavy atom. The molecule has 0 amide bonds. The predicted molar refractivity (Wildman–Crippen MR) is 72.5 cm³/mol. The van der Waals surface area contributed by atoms with E-state index in [1.807, 2.05) is 37.3 Å². The minimum Gasteiger partial charge on any atom is -0.495 e. The van der Waals surface area contributed by atoms with Crippen LogP contribution in [0.4, 0.5) is 17.3 Å². The maximum absolute atomic E-state index is 5.27. The summed E-state index contributed by atoms with van der Waals surface area (Å²) in [4.78, 5) is 8.29. The molecule has 94 valence electrons. The molecule has 0 unspecified atom stereocenters. The molecule has 0 radical (unpaired) electrons. The molecule has 0 spiro atoms. The van der Waals surface area contributed by atoms with Crippen molar-refractivity contribution >= 4 is 17.3 Å². The molecule has 2 aromatic rings. The van der Waals surface area contributed by atoms with Gasteiger partial charge < -0.3 is 15.4 Å². The fourth-order valence-corrected chi connectivity index (χ4v) is 1.59. The van der Waals surface area contributed by atoms with Crippen molar-refractivity contribution in [1.82, 2.24) is 9.97 Å². The summed E-state index contributed by atoms with van der Waals surface area (Å²) in [5.74, 6) is 2.30. The molecule has 5 heteroatoms. The van der Waals surface area contributed by atoms with E-state index in [0.717, 1.165) is 29.6 Å². The van der Waals surface area contributed by atoms with Crippen molar-refractivity contribution in [2.75, 3.05) is 24.3 Å². The van der Waals surface area contributed by atoms with Gasteiger partial charge in [0.05, 0.1) is 12.8 Å². The standard InChI is InChI=1S/C13H16N4O/c1-3-14-12-8-13(16-9-15-12)17-10-6-4-5-7-11(10)18-2/h4-9H,3H2,1-2H3,(H2,14,15,16,17). The van der Waals surface area contributed by atoms with Crippen LogP contribution >= 0.6 is 0 Å². The third-order valence-corrected chi connectivity index (χ3v) is 2.39. The van der Waals surface area contributed by atoms with Crippen molar-refractivity contribution in [2.45, 2.75) is 6.92 Å². The van der Waals surface area contributed by atoms with E-state index in [1.165, 1.54) is 6.33 Å². The molecule has 1 heterocycles. The van der Waals surface area contributed by atoms with Gasteiger partial charge in [-0.1, -0.05) is 12.1 Å². The highest BCUT2D eigenvalue weighted by Crippen LogP contribution is 2.26. The van der Waals surface area contributed by atoms with Crippen molar-refractivity contribution < 1.29 is 4.74 Å². The Kier molecular flexibility index (Phi) is 3.96. The highest BCUT2D eigenvalue weighted by molar-refractivity contribution is 5.65. The summed E-state index contributed by atoms with van der Waals surface area (Å²) >= 11 is 0. The SMILES string of the molecule is CCNc1cc(Nc2ccccc2OC)ncn1. The van der Waals surface area contributed by atoms with Crippen molar-refractivity contribution in [2.24, 2.45) is 0 Å². The van der Waals surface area contributed by atoms with Gasteiger partial charge >= 0.3 is 0 Å². The Bertz CT molecular complexity index is 516. The lowest BCUT2D eigenvalue weighted by atomic mass is 10.3. The monoisotopic (exact) mass is 244 g/mol. The fraction of sp³-hybridized carbons (Fsp3) is 0.231. The maximum atomic E-state index is 5.27. The number of anilines is 3. The van der Waals surface area contributed by atoms with Crippen molar-refractivity contribution in [3.05, 3.63) is 36.7 Å². The van der Waals surface area contributed by atoms with Gasteiger partial charge in [-0.25, -0.2) is 9.97 Å². The molecule has 1 aromatic carbocycles. The second-order valence-electron chi connectivity index (χ2n) is 3.64. The number of hydrogen-bond donors (Lipinski definition) is 2. The number of ether oxygens (including phenoxy) is 1. The van der Waals surface area contributed by atoms with E-state index in [2.05, 4.69) is 20.6 Å². The summed E-state index contributed by atoms with van der Waals surface area (Å²) in [6.07, 6.45) is 1.52. The van der Waals surface area contributed by atoms with E-state index in [-0.39, 0.29) is 0 Å². The Balaban J connectivity index is 2.20. The quantitative estimate of drug-likeness (QED) is 0.846. The molecule has 18 heavy (non-hydrogen) atoms. The average Bonchev–Trinajstić information content (AvgIpc) is 2.40. The summed E-state index contributed by atoms with van der Waals surface area (Å²) in [5, 5.41) is 6.35. The number of nitrogens with one attached hydrogen (secondary N) is 2. The molecule has 2 N–H and O–H groups in total. The Morgan fingerprint density at radius 3 is 2.72 bits per heavy atom. The Morgan fingerprint density at radius 1 is 1.17 bits per heavy atom. The van der Waals surface area contributed by atoms with Crippen LogP contribution in [-0.4, -0.2) is 23.6 Å². The number of para-hydroxylation sites is 2. The first-order chi connectivity index (χ1) is 8.83. The maximum Gasteiger partial charge on any atom is 0.142 e. The molecule has 0 aliphatic carbocycles. The van der Waals surface area contributed by atoms with Gasteiger partial charge in [-0.05, 0) is 19.1 Å². The molecule has 0 fully saturated rings. The number of rotatable bonds is 5. The van der Waals surface area contributed by atoms with Gasteiger partial charge in [-0.2, -0.15) is 0 Å². The van der Waals surface area contributed by atoms with E-state index in [9.17, 15) is 0 Å². The lowest BCUT2D eigenvalue weighted by molar-refractivity contribution is 0.417. The van der Waals surface area contributed by atoms with Crippen LogP contribution in [0.3, 0.4) is 0 Å². The first kappa shape index (κ1) is 12.2. The van der Waals surface area contributed by atoms with E-state index in [1.54, 1.807) is 7.11 Å². The van der Waals surface area contributed by atoms with Crippen LogP contribution in [-0.2, 0) is 0 Å². The minimum atomic E-state index is 0.727. The third kappa shape index (κ3) is 2.88. The zero-order chi connectivity index (χ0) is 12.8. The lowest BCUT2D eigenvalue weighted by Crippen LogP contribution is -2.02. The van der Waals surface area contributed by atoms with Crippen LogP contribution in [0.2, 0.25) is 0 Å². The smallest absolute Gasteiger partial charge is 0.142 e. The molecular weight excluding hydrogens is 228 g/mol. The molecule has 0 saturated heterocycles. The molecule has 2 rings (SSSR count). The van der Waals surface area contributed by atoms with Crippen LogP contribution in [0, 0.1) is 0 Å². The summed E-state index contributed by atoms with van der Waals surface area (Å²) in [6.45, 7) is 2.85. The van der Waals surface area contributed by atoms with E-state index in [0.29, 0.717) is 0 Å². The molecule has 5 nitrogen and oxygen atoms in total. The number of benzene rings is 1. The summed E-state index contributed by atoms with van der Waals surface area (Å²) in [5.41, 5.74) is 0.876. The topological polar surface area (TPSA) is 59.1 Å². The fourth-order valence-electron chi connectivity index (χ4n) is 1.59. The molecular formula is C13H16N4O. The first-order valence-electron chi connectivity index (χ1n) is 5.79. The zero-order valence-electron chi connectivity index (χ0n) is 10.5. The minimum absolute atomic E-state index is 0.727. The van der Waals surface area contributed by atoms with Crippen LogP contribution < -0.4 is 15.4 Å². The molecule has 0 aliphatic heterocycles. The summed E-state index contributed by atoms with van der Waals surface area (Å²) in [6, 6.07) is 9.56. The number of nitrogens with zero attached hydrogens (tertiary/aromatic N) is 2. The first-order valence-corrected chi connectivity index (χ1v) is 5.79. The Labute approximate surface area is 106 Å². The van der Waals surface area contributed by atoms with Crippen LogP contribution in [0.5, 0.6) is 5.75 Å². The largest absolute Gasteiger partial charge is 0.495 e. The van der Waals surface area contributed by atoms with Crippen LogP contribution in [0.25, 0.3) is 0 Å². The second-order valence-corrected chi connectivity index (χ2v) is 3.64. The van der Waals surface area contributed by atoms with Gasteiger partial charge in [0.2, 0.25) is 0 Å². The van der Waals surface area contributed by atoms with Gasteiger partial charge in [0, 0.05) is 12.6 Å². The Hall–Kier alpha value is -2.30. The van der Waals surface area contributed by atoms with E-state index < -0.39 is 0 Å². The highest BCUT2D eigenvalue weighted by Gasteiger charge is 2.03. The highest BCUT2D eigenvalue weighted by atomic mass is 16.5. The van der Waals surface area contributed by atoms with Crippen molar-refractivity contribution in [3.8, 4) is 5.75 Å². The predicted octanol–water partition coefficient (Wildman–Crippen LogP) is 2.66. The molecule has 0 aliphatic rings. The van der Waals surface area contributed by atoms with Gasteiger partial charge in [0.25, 0.3) is 0 Å². The number of aromatic nitrogens is 2. The second kappa shape index (κ2) is 5.86. The molecule has 0 saturated carbocycles. The molecule has 0 bridgehead atoms. The number of methoxy groups -OCH3 is 1. The zero-order valence-corrected chi connectivity index (χ0v) is 10.5. The van der Waals surface area contributed by atoms with Crippen molar-refractivity contribution in [1.29, 1.82) is 0 Å². The number of hydrogen-bond acceptors (Lipinski definition) is 5. The summed E-state index contributed by atoms with van der Waals surface area (Å²) < 4.78 is 5.27. The van der Waals surface area contributed by atoms with Crippen LogP contribution in [0.1, 0.15) is 6.92 Å². The van der Waals surface area contributed by atoms with Crippen LogP contribution in [0.15, 0.2) is 36.7 Å². The normalized spacial score (nSPS) is 9.89.